The van der Waals surface area contributed by atoms with Crippen LogP contribution in [0.4, 0.5) is 5.82 Å². The van der Waals surface area contributed by atoms with Gasteiger partial charge in [-0.15, -0.1) is 0 Å². The van der Waals surface area contributed by atoms with Crippen molar-refractivity contribution >= 4 is 17.6 Å². The van der Waals surface area contributed by atoms with Crippen LogP contribution in [0, 0.1) is 0 Å². The lowest BCUT2D eigenvalue weighted by molar-refractivity contribution is 0.0780. The van der Waals surface area contributed by atoms with Gasteiger partial charge in [0.05, 0.1) is 12.3 Å². The Bertz CT molecular complexity index is 404. The second kappa shape index (κ2) is 4.22. The van der Waals surface area contributed by atoms with Crippen LogP contribution in [0.1, 0.15) is 35.8 Å². The molecule has 1 fully saturated rings. The normalized spacial score (nSPS) is 24.4. The number of nitrogens with zero attached hydrogens (tertiary/aromatic N) is 2. The molecular formula is C11H15N3OS. The van der Waals surface area contributed by atoms with Gasteiger partial charge in [0.2, 0.25) is 0 Å². The number of anilines is 1. The molecule has 3 heterocycles. The van der Waals surface area contributed by atoms with Crippen LogP contribution in [-0.4, -0.2) is 23.2 Å². The summed E-state index contributed by atoms with van der Waals surface area (Å²) in [5.74, 6) is 3.84. The van der Waals surface area contributed by atoms with E-state index in [1.165, 1.54) is 0 Å². The van der Waals surface area contributed by atoms with Crippen LogP contribution >= 0.6 is 11.8 Å². The standard InChI is InChI=1S/C11H15N3OS/c12-10-8-5-16-6-9(8)13-11(14-10)7-2-1-3-15-4-7/h7H,1-6H2,(H2,12,13,14). The molecule has 3 rings (SSSR count). The number of aromatic nitrogens is 2. The molecule has 1 unspecified atom stereocenters. The molecule has 16 heavy (non-hydrogen) atoms. The minimum absolute atomic E-state index is 0.340. The largest absolute Gasteiger partial charge is 0.383 e. The molecule has 0 saturated carbocycles. The van der Waals surface area contributed by atoms with Crippen LogP contribution in [0.15, 0.2) is 0 Å². The molecule has 0 spiro atoms. The first-order chi connectivity index (χ1) is 7.84. The Morgan fingerprint density at radius 3 is 3.06 bits per heavy atom. The maximum atomic E-state index is 5.97. The van der Waals surface area contributed by atoms with Crippen molar-refractivity contribution in [3.8, 4) is 0 Å². The van der Waals surface area contributed by atoms with Crippen molar-refractivity contribution < 1.29 is 4.74 Å². The molecule has 0 aliphatic carbocycles. The molecule has 2 aliphatic rings. The smallest absolute Gasteiger partial charge is 0.136 e. The molecule has 1 atom stereocenters. The van der Waals surface area contributed by atoms with Gasteiger partial charge in [0.25, 0.3) is 0 Å². The predicted octanol–water partition coefficient (Wildman–Crippen LogP) is 1.70. The van der Waals surface area contributed by atoms with Crippen molar-refractivity contribution in [2.24, 2.45) is 0 Å². The fourth-order valence-corrected chi connectivity index (χ4v) is 3.28. The first-order valence-corrected chi connectivity index (χ1v) is 6.80. The Kier molecular flexibility index (Phi) is 2.73. The number of nitrogen functional groups attached to an aromatic ring is 1. The first-order valence-electron chi connectivity index (χ1n) is 5.65. The average Bonchev–Trinajstić information content (AvgIpc) is 2.79. The van der Waals surface area contributed by atoms with Crippen LogP contribution in [-0.2, 0) is 16.2 Å². The molecule has 5 heteroatoms. The number of fused-ring (bicyclic) bond motifs is 1. The fraction of sp³-hybridized carbons (Fsp3) is 0.636. The van der Waals surface area contributed by atoms with E-state index in [9.17, 15) is 0 Å². The van der Waals surface area contributed by atoms with Gasteiger partial charge in [-0.25, -0.2) is 9.97 Å². The van der Waals surface area contributed by atoms with Crippen LogP contribution < -0.4 is 5.73 Å². The third-order valence-electron chi connectivity index (χ3n) is 3.15. The van der Waals surface area contributed by atoms with Gasteiger partial charge in [0, 0.05) is 29.6 Å². The molecule has 4 nitrogen and oxygen atoms in total. The zero-order valence-electron chi connectivity index (χ0n) is 9.11. The molecule has 2 N–H and O–H groups in total. The monoisotopic (exact) mass is 237 g/mol. The molecular weight excluding hydrogens is 222 g/mol. The van der Waals surface area contributed by atoms with Crippen molar-refractivity contribution in [2.75, 3.05) is 18.9 Å². The molecule has 0 aromatic carbocycles. The molecule has 2 aliphatic heterocycles. The zero-order valence-corrected chi connectivity index (χ0v) is 9.92. The predicted molar refractivity (Wildman–Crippen MR) is 64.2 cm³/mol. The maximum absolute atomic E-state index is 5.97. The van der Waals surface area contributed by atoms with E-state index in [-0.39, 0.29) is 0 Å². The summed E-state index contributed by atoms with van der Waals surface area (Å²) in [4.78, 5) is 9.09. The van der Waals surface area contributed by atoms with Crippen molar-refractivity contribution in [1.82, 2.24) is 9.97 Å². The average molecular weight is 237 g/mol. The summed E-state index contributed by atoms with van der Waals surface area (Å²) in [6, 6.07) is 0. The lowest BCUT2D eigenvalue weighted by Gasteiger charge is -2.21. The van der Waals surface area contributed by atoms with Gasteiger partial charge in [0.15, 0.2) is 0 Å². The first kappa shape index (κ1) is 10.4. The molecule has 1 aromatic heterocycles. The van der Waals surface area contributed by atoms with Crippen LogP contribution in [0.25, 0.3) is 0 Å². The number of rotatable bonds is 1. The number of hydrogen-bond donors (Lipinski definition) is 1. The quantitative estimate of drug-likeness (QED) is 0.805. The number of hydrogen-bond acceptors (Lipinski definition) is 5. The van der Waals surface area contributed by atoms with Crippen LogP contribution in [0.3, 0.4) is 0 Å². The van der Waals surface area contributed by atoms with Gasteiger partial charge < -0.3 is 10.5 Å². The molecule has 86 valence electrons. The molecule has 0 bridgehead atoms. The van der Waals surface area contributed by atoms with Gasteiger partial charge in [-0.3, -0.25) is 0 Å². The highest BCUT2D eigenvalue weighted by Crippen LogP contribution is 2.33. The highest BCUT2D eigenvalue weighted by molar-refractivity contribution is 7.98. The second-order valence-corrected chi connectivity index (χ2v) is 5.28. The van der Waals surface area contributed by atoms with E-state index < -0.39 is 0 Å². The molecule has 0 amide bonds. The van der Waals surface area contributed by atoms with E-state index >= 15 is 0 Å². The maximum Gasteiger partial charge on any atom is 0.136 e. The Labute approximate surface area is 99.0 Å². The van der Waals surface area contributed by atoms with Gasteiger partial charge in [-0.1, -0.05) is 0 Å². The van der Waals surface area contributed by atoms with Crippen LogP contribution in [0.2, 0.25) is 0 Å². The Hall–Kier alpha value is -0.810. The van der Waals surface area contributed by atoms with E-state index in [0.29, 0.717) is 11.7 Å². The topological polar surface area (TPSA) is 61.0 Å². The highest BCUT2D eigenvalue weighted by Gasteiger charge is 2.23. The van der Waals surface area contributed by atoms with Crippen molar-refractivity contribution in [3.63, 3.8) is 0 Å². The third-order valence-corrected chi connectivity index (χ3v) is 4.12. The van der Waals surface area contributed by atoms with Crippen molar-refractivity contribution in [1.29, 1.82) is 0 Å². The summed E-state index contributed by atoms with van der Waals surface area (Å²) in [7, 11) is 0. The van der Waals surface area contributed by atoms with Crippen molar-refractivity contribution in [2.45, 2.75) is 30.3 Å². The second-order valence-electron chi connectivity index (χ2n) is 4.30. The SMILES string of the molecule is Nc1nc(C2CCCOC2)nc2c1CSC2. The summed E-state index contributed by atoms with van der Waals surface area (Å²) in [6.07, 6.45) is 2.21. The van der Waals surface area contributed by atoms with E-state index in [4.69, 9.17) is 10.5 Å². The molecule has 0 radical (unpaired) electrons. The Balaban J connectivity index is 1.92. The number of ether oxygens (including phenoxy) is 1. The van der Waals surface area contributed by atoms with Crippen molar-refractivity contribution in [3.05, 3.63) is 17.1 Å². The van der Waals surface area contributed by atoms with E-state index in [1.807, 2.05) is 11.8 Å². The summed E-state index contributed by atoms with van der Waals surface area (Å²) in [5, 5.41) is 0. The zero-order chi connectivity index (χ0) is 11.0. The molecule has 1 aromatic rings. The van der Waals surface area contributed by atoms with Gasteiger partial charge >= 0.3 is 0 Å². The van der Waals surface area contributed by atoms with E-state index in [1.54, 1.807) is 0 Å². The lowest BCUT2D eigenvalue weighted by Crippen LogP contribution is -2.19. The Morgan fingerprint density at radius 1 is 1.31 bits per heavy atom. The summed E-state index contributed by atoms with van der Waals surface area (Å²) < 4.78 is 5.47. The summed E-state index contributed by atoms with van der Waals surface area (Å²) in [5.41, 5.74) is 8.26. The number of thioether (sulfide) groups is 1. The fourth-order valence-electron chi connectivity index (χ4n) is 2.22. The van der Waals surface area contributed by atoms with Gasteiger partial charge in [-0.05, 0) is 12.8 Å². The summed E-state index contributed by atoms with van der Waals surface area (Å²) >= 11 is 1.86. The lowest BCUT2D eigenvalue weighted by atomic mass is 10.0. The van der Waals surface area contributed by atoms with E-state index in [0.717, 1.165) is 54.6 Å². The summed E-state index contributed by atoms with van der Waals surface area (Å²) in [6.45, 7) is 1.61. The molecule has 1 saturated heterocycles. The highest BCUT2D eigenvalue weighted by atomic mass is 32.2. The van der Waals surface area contributed by atoms with E-state index in [2.05, 4.69) is 9.97 Å². The third kappa shape index (κ3) is 1.78. The van der Waals surface area contributed by atoms with Crippen LogP contribution in [0.5, 0.6) is 0 Å². The van der Waals surface area contributed by atoms with Gasteiger partial charge in [-0.2, -0.15) is 11.8 Å². The minimum Gasteiger partial charge on any atom is -0.383 e. The minimum atomic E-state index is 0.340. The Morgan fingerprint density at radius 2 is 2.25 bits per heavy atom. The van der Waals surface area contributed by atoms with Gasteiger partial charge in [0.1, 0.15) is 11.6 Å². The number of nitrogens with two attached hydrogens (primary N) is 1.